The lowest BCUT2D eigenvalue weighted by Gasteiger charge is -2.35. The molecule has 4 aromatic rings. The van der Waals surface area contributed by atoms with Crippen molar-refractivity contribution >= 4 is 27.8 Å². The molecule has 0 radical (unpaired) electrons. The number of fused-ring (bicyclic) bond motifs is 2. The van der Waals surface area contributed by atoms with E-state index in [1.54, 1.807) is 18.2 Å². The minimum Gasteiger partial charge on any atom is -0.336 e. The number of pyridine rings is 1. The van der Waals surface area contributed by atoms with Gasteiger partial charge in [-0.25, -0.2) is 0 Å². The summed E-state index contributed by atoms with van der Waals surface area (Å²) in [5.41, 5.74) is 2.57. The molecule has 0 unspecified atom stereocenters. The zero-order valence-corrected chi connectivity index (χ0v) is 18.5. The van der Waals surface area contributed by atoms with Gasteiger partial charge in [-0.2, -0.15) is 0 Å². The Bertz CT molecular complexity index is 1460. The molecule has 3 heterocycles. The summed E-state index contributed by atoms with van der Waals surface area (Å²) >= 11 is 0. The van der Waals surface area contributed by atoms with Crippen LogP contribution in [0.2, 0.25) is 0 Å². The lowest BCUT2D eigenvalue weighted by atomic mass is 10.1. The molecule has 8 heteroatoms. The van der Waals surface area contributed by atoms with Gasteiger partial charge in [0.15, 0.2) is 0 Å². The summed E-state index contributed by atoms with van der Waals surface area (Å²) in [5, 5.41) is 1.13. The Morgan fingerprint density at radius 3 is 2.61 bits per heavy atom. The number of H-pyrrole nitrogens is 1. The van der Waals surface area contributed by atoms with Crippen molar-refractivity contribution in [2.24, 2.45) is 0 Å². The summed E-state index contributed by atoms with van der Waals surface area (Å²) in [5.74, 6) is -0.0709. The highest BCUT2D eigenvalue weighted by Gasteiger charge is 2.23. The van der Waals surface area contributed by atoms with Crippen molar-refractivity contribution < 1.29 is 4.79 Å². The third-order valence-corrected chi connectivity index (χ3v) is 6.31. The highest BCUT2D eigenvalue weighted by Crippen LogP contribution is 2.19. The molecule has 0 atom stereocenters. The third-order valence-electron chi connectivity index (χ3n) is 6.31. The number of nitrogens with zero attached hydrogens (tertiary/aromatic N) is 4. The van der Waals surface area contributed by atoms with Crippen LogP contribution in [-0.4, -0.2) is 56.4 Å². The van der Waals surface area contributed by atoms with Crippen molar-refractivity contribution in [3.05, 3.63) is 86.6 Å². The lowest BCUT2D eigenvalue weighted by Crippen LogP contribution is -2.48. The second-order valence-electron chi connectivity index (χ2n) is 8.30. The predicted octanol–water partition coefficient (Wildman–Crippen LogP) is 2.22. The normalized spacial score (nSPS) is 14.8. The van der Waals surface area contributed by atoms with Gasteiger partial charge in [0, 0.05) is 56.4 Å². The van der Waals surface area contributed by atoms with Gasteiger partial charge in [-0.05, 0) is 36.8 Å². The Morgan fingerprint density at radius 2 is 1.82 bits per heavy atom. The Labute approximate surface area is 190 Å². The second kappa shape index (κ2) is 8.63. The number of aryl methyl sites for hydroxylation is 1. The first-order chi connectivity index (χ1) is 16.0. The van der Waals surface area contributed by atoms with E-state index in [0.717, 1.165) is 30.5 Å². The van der Waals surface area contributed by atoms with Crippen LogP contribution in [0.1, 0.15) is 22.8 Å². The molecule has 1 fully saturated rings. The van der Waals surface area contributed by atoms with Crippen LogP contribution < -0.4 is 11.1 Å². The molecule has 2 aromatic heterocycles. The minimum absolute atomic E-state index is 0.0709. The van der Waals surface area contributed by atoms with Crippen LogP contribution in [0.25, 0.3) is 21.9 Å². The number of rotatable bonds is 4. The van der Waals surface area contributed by atoms with Crippen LogP contribution in [0.5, 0.6) is 0 Å². The topological polar surface area (TPSA) is 91.3 Å². The average molecular weight is 444 g/mol. The Hall–Kier alpha value is -3.78. The smallest absolute Gasteiger partial charge is 0.316 e. The van der Waals surface area contributed by atoms with E-state index in [1.807, 2.05) is 24.1 Å². The quantitative estimate of drug-likeness (QED) is 0.489. The van der Waals surface area contributed by atoms with Gasteiger partial charge in [0.1, 0.15) is 0 Å². The van der Waals surface area contributed by atoms with E-state index in [-0.39, 0.29) is 5.91 Å². The Balaban J connectivity index is 1.30. The van der Waals surface area contributed by atoms with E-state index in [0.29, 0.717) is 36.2 Å². The van der Waals surface area contributed by atoms with Crippen molar-refractivity contribution in [1.29, 1.82) is 0 Å². The average Bonchev–Trinajstić information content (AvgIpc) is 2.85. The molecule has 1 amide bonds. The molecule has 0 bridgehead atoms. The summed E-state index contributed by atoms with van der Waals surface area (Å²) in [6, 6.07) is 15.4. The number of piperazine rings is 1. The van der Waals surface area contributed by atoms with Crippen LogP contribution in [0.15, 0.2) is 64.3 Å². The molecule has 0 saturated carbocycles. The van der Waals surface area contributed by atoms with E-state index < -0.39 is 11.1 Å². The fraction of sp³-hybridized carbons (Fsp3) is 0.280. The van der Waals surface area contributed by atoms with Gasteiger partial charge in [-0.15, -0.1) is 0 Å². The molecule has 8 nitrogen and oxygen atoms in total. The van der Waals surface area contributed by atoms with Crippen molar-refractivity contribution in [2.75, 3.05) is 26.2 Å². The van der Waals surface area contributed by atoms with Crippen molar-refractivity contribution in [2.45, 2.75) is 20.0 Å². The number of para-hydroxylation sites is 1. The first-order valence-corrected chi connectivity index (χ1v) is 11.2. The number of aromatic nitrogens is 3. The van der Waals surface area contributed by atoms with Crippen molar-refractivity contribution in [1.82, 2.24) is 24.3 Å². The molecule has 2 aromatic carbocycles. The summed E-state index contributed by atoms with van der Waals surface area (Å²) in [4.78, 5) is 48.5. The van der Waals surface area contributed by atoms with Crippen LogP contribution in [0.3, 0.4) is 0 Å². The summed E-state index contributed by atoms with van der Waals surface area (Å²) in [6.45, 7) is 5.79. The number of hydrogen-bond donors (Lipinski definition) is 1. The van der Waals surface area contributed by atoms with Crippen LogP contribution in [0, 0.1) is 0 Å². The fourth-order valence-corrected chi connectivity index (χ4v) is 4.55. The Morgan fingerprint density at radius 1 is 1.03 bits per heavy atom. The lowest BCUT2D eigenvalue weighted by molar-refractivity contribution is 0.0629. The zero-order valence-electron chi connectivity index (χ0n) is 18.5. The highest BCUT2D eigenvalue weighted by molar-refractivity contribution is 5.97. The maximum Gasteiger partial charge on any atom is 0.316 e. The standard InChI is InChI=1S/C25H25N5O3/c1-2-30-21-9-8-18(15-20(21)27-23(31)25(30)33)24(32)29-13-11-28(12-14-29)16-19-6-3-5-17-7-4-10-26-22(17)19/h3-10,15H,2,11-14,16H2,1H3,(H,27,31). The molecule has 33 heavy (non-hydrogen) atoms. The summed E-state index contributed by atoms with van der Waals surface area (Å²) in [7, 11) is 0. The van der Waals surface area contributed by atoms with Gasteiger partial charge in [-0.3, -0.25) is 24.3 Å². The van der Waals surface area contributed by atoms with Crippen molar-refractivity contribution in [3.8, 4) is 0 Å². The monoisotopic (exact) mass is 443 g/mol. The molecule has 0 spiro atoms. The highest BCUT2D eigenvalue weighted by atomic mass is 16.2. The predicted molar refractivity (Wildman–Crippen MR) is 127 cm³/mol. The number of nitrogens with one attached hydrogen (secondary N) is 1. The molecular weight excluding hydrogens is 418 g/mol. The van der Waals surface area contributed by atoms with E-state index >= 15 is 0 Å². The Kier molecular flexibility index (Phi) is 5.51. The molecular formula is C25H25N5O3. The summed E-state index contributed by atoms with van der Waals surface area (Å²) in [6.07, 6.45) is 1.82. The van der Waals surface area contributed by atoms with Gasteiger partial charge in [0.25, 0.3) is 5.91 Å². The molecule has 168 valence electrons. The fourth-order valence-electron chi connectivity index (χ4n) is 4.55. The maximum absolute atomic E-state index is 13.1. The number of amides is 1. The van der Waals surface area contributed by atoms with E-state index in [4.69, 9.17) is 0 Å². The van der Waals surface area contributed by atoms with E-state index in [2.05, 4.69) is 39.1 Å². The maximum atomic E-state index is 13.1. The molecule has 1 aliphatic heterocycles. The van der Waals surface area contributed by atoms with Crippen LogP contribution in [-0.2, 0) is 13.1 Å². The van der Waals surface area contributed by atoms with Gasteiger partial charge in [0.2, 0.25) is 0 Å². The van der Waals surface area contributed by atoms with Crippen LogP contribution >= 0.6 is 0 Å². The minimum atomic E-state index is -0.675. The number of benzene rings is 2. The zero-order chi connectivity index (χ0) is 22.9. The second-order valence-corrected chi connectivity index (χ2v) is 8.30. The SMILES string of the molecule is CCn1c(=O)c(=O)[nH]c2cc(C(=O)N3CCN(Cc4cccc5cccnc45)CC3)ccc21. The van der Waals surface area contributed by atoms with Crippen molar-refractivity contribution in [3.63, 3.8) is 0 Å². The third kappa shape index (κ3) is 3.93. The number of hydrogen-bond acceptors (Lipinski definition) is 5. The van der Waals surface area contributed by atoms with Gasteiger partial charge in [0.05, 0.1) is 16.6 Å². The first kappa shape index (κ1) is 21.1. The van der Waals surface area contributed by atoms with Gasteiger partial charge in [-0.1, -0.05) is 24.3 Å². The largest absolute Gasteiger partial charge is 0.336 e. The summed E-state index contributed by atoms with van der Waals surface area (Å²) < 4.78 is 1.42. The molecule has 5 rings (SSSR count). The molecule has 1 N–H and O–H groups in total. The van der Waals surface area contributed by atoms with Crippen LogP contribution in [0.4, 0.5) is 0 Å². The number of aromatic amines is 1. The van der Waals surface area contributed by atoms with Gasteiger partial charge < -0.3 is 14.5 Å². The molecule has 1 aliphatic rings. The number of carbonyl (C=O) groups is 1. The molecule has 1 saturated heterocycles. The van der Waals surface area contributed by atoms with E-state index in [9.17, 15) is 14.4 Å². The number of carbonyl (C=O) groups excluding carboxylic acids is 1. The molecule has 0 aliphatic carbocycles. The van der Waals surface area contributed by atoms with E-state index in [1.165, 1.54) is 10.1 Å². The first-order valence-electron chi connectivity index (χ1n) is 11.2. The van der Waals surface area contributed by atoms with Gasteiger partial charge >= 0.3 is 11.1 Å².